The fourth-order valence-corrected chi connectivity index (χ4v) is 2.69. The van der Waals surface area contributed by atoms with Gasteiger partial charge in [-0.1, -0.05) is 0 Å². The average Bonchev–Trinajstić information content (AvgIpc) is 2.53. The van der Waals surface area contributed by atoms with Crippen LogP contribution in [-0.4, -0.2) is 55.8 Å². The molecule has 0 aromatic heterocycles. The molecule has 0 radical (unpaired) electrons. The smallest absolute Gasteiger partial charge is 0.444 e. The van der Waals surface area contributed by atoms with Gasteiger partial charge in [-0.25, -0.2) is 18.0 Å². The molecule has 0 aliphatic rings. The highest BCUT2D eigenvalue weighted by Gasteiger charge is 2.18. The second kappa shape index (κ2) is 9.88. The molecule has 1 aromatic carbocycles. The Balaban J connectivity index is 2.31. The van der Waals surface area contributed by atoms with Crippen LogP contribution < -0.4 is 10.1 Å². The van der Waals surface area contributed by atoms with E-state index in [1.807, 2.05) is 0 Å². The van der Waals surface area contributed by atoms with Gasteiger partial charge >= 0.3 is 12.2 Å². The number of amides is 1. The summed E-state index contributed by atoms with van der Waals surface area (Å²) in [6.07, 6.45) is -1.87. The Bertz CT molecular complexity index is 798. The Morgan fingerprint density at radius 3 is 2.29 bits per heavy atom. The lowest BCUT2D eigenvalue weighted by molar-refractivity contribution is -0.384. The zero-order valence-corrected chi connectivity index (χ0v) is 16.5. The van der Waals surface area contributed by atoms with Gasteiger partial charge in [-0.05, 0) is 32.9 Å². The Morgan fingerprint density at radius 1 is 1.14 bits per heavy atom. The highest BCUT2D eigenvalue weighted by Crippen LogP contribution is 2.17. The van der Waals surface area contributed by atoms with E-state index < -0.39 is 45.0 Å². The molecule has 1 rings (SSSR count). The second-order valence-corrected chi connectivity index (χ2v) is 8.84. The van der Waals surface area contributed by atoms with Crippen molar-refractivity contribution in [2.75, 3.05) is 24.7 Å². The van der Waals surface area contributed by atoms with Crippen LogP contribution >= 0.6 is 0 Å². The minimum atomic E-state index is -3.58. The number of hydrogen-bond donors (Lipinski definition) is 1. The summed E-state index contributed by atoms with van der Waals surface area (Å²) in [5, 5.41) is 12.8. The second-order valence-electron chi connectivity index (χ2n) is 6.53. The SMILES string of the molecule is CC(C)(C)OC(=O)NCCS(=O)(=O)CCOC(=O)Oc1ccc([N+](=O)[O-])cc1. The number of carbonyl (C=O) groups is 2. The third kappa shape index (κ3) is 9.71. The van der Waals surface area contributed by atoms with Gasteiger partial charge in [0.15, 0.2) is 9.84 Å². The van der Waals surface area contributed by atoms with Gasteiger partial charge < -0.3 is 19.5 Å². The molecule has 0 atom stereocenters. The predicted molar refractivity (Wildman–Crippen MR) is 98.0 cm³/mol. The number of nitro benzene ring substituents is 1. The first-order chi connectivity index (χ1) is 12.9. The Kier molecular flexibility index (Phi) is 8.16. The zero-order valence-electron chi connectivity index (χ0n) is 15.7. The molecule has 0 aliphatic carbocycles. The molecule has 0 bridgehead atoms. The maximum Gasteiger partial charge on any atom is 0.513 e. The number of rotatable bonds is 8. The lowest BCUT2D eigenvalue weighted by Gasteiger charge is -2.19. The van der Waals surface area contributed by atoms with Gasteiger partial charge in [-0.15, -0.1) is 0 Å². The van der Waals surface area contributed by atoms with E-state index in [0.29, 0.717) is 0 Å². The number of nitro groups is 1. The van der Waals surface area contributed by atoms with Gasteiger partial charge in [-0.2, -0.15) is 0 Å². The molecule has 0 heterocycles. The summed E-state index contributed by atoms with van der Waals surface area (Å²) < 4.78 is 38.1. The quantitative estimate of drug-likeness (QED) is 0.289. The van der Waals surface area contributed by atoms with Crippen LogP contribution in [0, 0.1) is 10.1 Å². The summed E-state index contributed by atoms with van der Waals surface area (Å²) in [5.41, 5.74) is -0.868. The molecule has 11 nitrogen and oxygen atoms in total. The average molecular weight is 418 g/mol. The van der Waals surface area contributed by atoms with Crippen LogP contribution in [0.3, 0.4) is 0 Å². The molecule has 0 saturated carbocycles. The maximum absolute atomic E-state index is 11.9. The molecule has 0 unspecified atom stereocenters. The lowest BCUT2D eigenvalue weighted by Crippen LogP contribution is -2.35. The molecule has 0 aliphatic heterocycles. The monoisotopic (exact) mass is 418 g/mol. The molecule has 1 aromatic rings. The van der Waals surface area contributed by atoms with E-state index in [9.17, 15) is 28.1 Å². The number of sulfone groups is 1. The number of alkyl carbamates (subject to hydrolysis) is 1. The van der Waals surface area contributed by atoms with Gasteiger partial charge in [0.05, 0.1) is 16.4 Å². The minimum Gasteiger partial charge on any atom is -0.444 e. The fourth-order valence-electron chi connectivity index (χ4n) is 1.74. The van der Waals surface area contributed by atoms with Gasteiger partial charge in [0.1, 0.15) is 18.0 Å². The number of ether oxygens (including phenoxy) is 3. The third-order valence-corrected chi connectivity index (χ3v) is 4.56. The third-order valence-electron chi connectivity index (χ3n) is 2.94. The summed E-state index contributed by atoms with van der Waals surface area (Å²) in [5.74, 6) is -0.800. The van der Waals surface area contributed by atoms with Crippen molar-refractivity contribution in [2.45, 2.75) is 26.4 Å². The molecule has 0 saturated heterocycles. The van der Waals surface area contributed by atoms with Crippen LogP contribution in [0.2, 0.25) is 0 Å². The number of hydrogen-bond acceptors (Lipinski definition) is 9. The Morgan fingerprint density at radius 2 is 1.75 bits per heavy atom. The van der Waals surface area contributed by atoms with Crippen molar-refractivity contribution in [3.05, 3.63) is 34.4 Å². The van der Waals surface area contributed by atoms with E-state index in [1.54, 1.807) is 20.8 Å². The zero-order chi connectivity index (χ0) is 21.4. The van der Waals surface area contributed by atoms with Crippen molar-refractivity contribution in [1.29, 1.82) is 0 Å². The molecule has 28 heavy (non-hydrogen) atoms. The molecule has 1 N–H and O–H groups in total. The van der Waals surface area contributed by atoms with Gasteiger partial charge in [0.2, 0.25) is 0 Å². The molecule has 156 valence electrons. The van der Waals surface area contributed by atoms with Gasteiger partial charge in [0.25, 0.3) is 5.69 Å². The van der Waals surface area contributed by atoms with Crippen molar-refractivity contribution in [3.63, 3.8) is 0 Å². The van der Waals surface area contributed by atoms with Crippen molar-refractivity contribution in [1.82, 2.24) is 5.32 Å². The van der Waals surface area contributed by atoms with Crippen LogP contribution in [0.1, 0.15) is 20.8 Å². The largest absolute Gasteiger partial charge is 0.513 e. The van der Waals surface area contributed by atoms with Crippen LogP contribution in [0.15, 0.2) is 24.3 Å². The van der Waals surface area contributed by atoms with Gasteiger partial charge in [-0.3, -0.25) is 10.1 Å². The Labute approximate surface area is 162 Å². The van der Waals surface area contributed by atoms with Crippen LogP contribution in [0.4, 0.5) is 15.3 Å². The van der Waals surface area contributed by atoms with E-state index in [-0.39, 0.29) is 23.7 Å². The first-order valence-corrected chi connectivity index (χ1v) is 9.96. The minimum absolute atomic E-state index is 0.0139. The molecule has 0 spiro atoms. The predicted octanol–water partition coefficient (Wildman–Crippen LogP) is 2.05. The molecule has 1 amide bonds. The van der Waals surface area contributed by atoms with Crippen LogP contribution in [0.25, 0.3) is 0 Å². The van der Waals surface area contributed by atoms with Crippen molar-refractivity contribution in [2.24, 2.45) is 0 Å². The first kappa shape index (κ1) is 23.1. The molecular formula is C16H22N2O9S. The van der Waals surface area contributed by atoms with Gasteiger partial charge in [0, 0.05) is 18.7 Å². The maximum atomic E-state index is 11.9. The first-order valence-electron chi connectivity index (χ1n) is 8.14. The normalized spacial score (nSPS) is 11.4. The van der Waals surface area contributed by atoms with E-state index in [4.69, 9.17) is 9.47 Å². The number of non-ortho nitro benzene ring substituents is 1. The van der Waals surface area contributed by atoms with E-state index in [2.05, 4.69) is 10.1 Å². The number of benzene rings is 1. The summed E-state index contributed by atoms with van der Waals surface area (Å²) in [7, 11) is -3.58. The number of carbonyl (C=O) groups excluding carboxylic acids is 2. The van der Waals surface area contributed by atoms with E-state index in [0.717, 1.165) is 12.1 Å². The summed E-state index contributed by atoms with van der Waals surface area (Å²) >= 11 is 0. The topological polar surface area (TPSA) is 151 Å². The highest BCUT2D eigenvalue weighted by molar-refractivity contribution is 7.91. The molecule has 12 heteroatoms. The van der Waals surface area contributed by atoms with Crippen LogP contribution in [0.5, 0.6) is 5.75 Å². The molecular weight excluding hydrogens is 396 g/mol. The van der Waals surface area contributed by atoms with Crippen LogP contribution in [-0.2, 0) is 19.3 Å². The lowest BCUT2D eigenvalue weighted by atomic mass is 10.2. The van der Waals surface area contributed by atoms with Crippen molar-refractivity contribution < 1.29 is 37.1 Å². The van der Waals surface area contributed by atoms with E-state index >= 15 is 0 Å². The van der Waals surface area contributed by atoms with E-state index in [1.165, 1.54) is 12.1 Å². The highest BCUT2D eigenvalue weighted by atomic mass is 32.2. The van der Waals surface area contributed by atoms with Crippen molar-refractivity contribution in [3.8, 4) is 5.75 Å². The molecule has 0 fully saturated rings. The number of nitrogens with one attached hydrogen (secondary N) is 1. The standard InChI is InChI=1S/C16H22N2O9S/c1-16(2,3)27-14(19)17-8-10-28(23,24)11-9-25-15(20)26-13-6-4-12(5-7-13)18(21)22/h4-7H,8-11H2,1-3H3,(H,17,19). The fraction of sp³-hybridized carbons (Fsp3) is 0.500. The number of nitrogens with zero attached hydrogens (tertiary/aromatic N) is 1. The van der Waals surface area contributed by atoms with Crippen molar-refractivity contribution >= 4 is 27.8 Å². The summed E-state index contributed by atoms with van der Waals surface area (Å²) in [6.45, 7) is 4.44. The summed E-state index contributed by atoms with van der Waals surface area (Å²) in [6, 6.07) is 4.70. The Hall–Kier alpha value is -2.89. The summed E-state index contributed by atoms with van der Waals surface area (Å²) in [4.78, 5) is 32.9.